The van der Waals surface area contributed by atoms with Crippen molar-refractivity contribution in [3.63, 3.8) is 0 Å². The normalized spacial score (nSPS) is 13.5. The number of esters is 1. The largest absolute Gasteiger partial charge is 0.586 e. The number of alkyl halides is 2. The summed E-state index contributed by atoms with van der Waals surface area (Å²) in [7, 11) is 0. The monoisotopic (exact) mass is 407 g/mol. The average molecular weight is 407 g/mol. The molecule has 3 rings (SSSR count). The Morgan fingerprint density at radius 1 is 1.00 bits per heavy atom. The van der Waals surface area contributed by atoms with E-state index in [-0.39, 0.29) is 23.0 Å². The van der Waals surface area contributed by atoms with Crippen molar-refractivity contribution >= 4 is 23.3 Å². The van der Waals surface area contributed by atoms with E-state index in [1.807, 2.05) is 0 Å². The second-order valence-corrected chi connectivity index (χ2v) is 5.91. The fourth-order valence-electron chi connectivity index (χ4n) is 2.34. The van der Waals surface area contributed by atoms with E-state index in [0.29, 0.717) is 11.3 Å². The van der Waals surface area contributed by atoms with Crippen LogP contribution in [-0.4, -0.2) is 37.2 Å². The van der Waals surface area contributed by atoms with Gasteiger partial charge in [0.15, 0.2) is 30.5 Å². The number of carbonyl (C=O) groups excluding carboxylic acids is 3. The zero-order valence-electron chi connectivity index (χ0n) is 15.1. The van der Waals surface area contributed by atoms with E-state index in [2.05, 4.69) is 14.8 Å². The molecule has 1 heterocycles. The smallest absolute Gasteiger partial charge is 0.482 e. The number of rotatable bonds is 7. The molecule has 1 N–H and O–H groups in total. The molecule has 152 valence electrons. The summed E-state index contributed by atoms with van der Waals surface area (Å²) in [6.45, 7) is 0.388. The minimum absolute atomic E-state index is 0.0989. The number of hydrogen-bond donors (Lipinski definition) is 1. The molecular formula is C19H15F2NO7. The maximum atomic E-state index is 13.0. The van der Waals surface area contributed by atoms with Crippen LogP contribution in [0.5, 0.6) is 17.2 Å². The van der Waals surface area contributed by atoms with Crippen molar-refractivity contribution in [2.24, 2.45) is 0 Å². The summed E-state index contributed by atoms with van der Waals surface area (Å²) in [4.78, 5) is 34.7. The van der Waals surface area contributed by atoms with Crippen LogP contribution < -0.4 is 19.5 Å². The van der Waals surface area contributed by atoms with Crippen LogP contribution in [0.4, 0.5) is 14.5 Å². The van der Waals surface area contributed by atoms with Crippen molar-refractivity contribution in [2.45, 2.75) is 13.2 Å². The molecule has 10 heteroatoms. The molecule has 0 saturated heterocycles. The summed E-state index contributed by atoms with van der Waals surface area (Å²) in [5, 5.41) is 2.38. The topological polar surface area (TPSA) is 100 Å². The predicted molar refractivity (Wildman–Crippen MR) is 94.2 cm³/mol. The summed E-state index contributed by atoms with van der Waals surface area (Å²) in [5.41, 5.74) is 0.664. The first-order chi connectivity index (χ1) is 13.7. The van der Waals surface area contributed by atoms with E-state index < -0.39 is 31.4 Å². The highest BCUT2D eigenvalue weighted by Crippen LogP contribution is 2.42. The summed E-state index contributed by atoms with van der Waals surface area (Å²) in [6.07, 6.45) is -3.76. The van der Waals surface area contributed by atoms with E-state index in [1.165, 1.54) is 31.2 Å². The lowest BCUT2D eigenvalue weighted by molar-refractivity contribution is -0.286. The summed E-state index contributed by atoms with van der Waals surface area (Å²) >= 11 is 0. The minimum atomic E-state index is -3.76. The molecule has 2 aromatic rings. The number of fused-ring (bicyclic) bond motifs is 1. The molecule has 0 bridgehead atoms. The van der Waals surface area contributed by atoms with Crippen LogP contribution in [0.1, 0.15) is 17.3 Å². The van der Waals surface area contributed by atoms with Crippen molar-refractivity contribution in [2.75, 3.05) is 18.5 Å². The molecule has 2 aromatic carbocycles. The van der Waals surface area contributed by atoms with Gasteiger partial charge in [-0.15, -0.1) is 8.78 Å². The highest BCUT2D eigenvalue weighted by molar-refractivity contribution is 5.94. The molecule has 29 heavy (non-hydrogen) atoms. The molecular weight excluding hydrogens is 392 g/mol. The number of benzene rings is 2. The van der Waals surface area contributed by atoms with Gasteiger partial charge in [0.05, 0.1) is 0 Å². The predicted octanol–water partition coefficient (Wildman–Crippen LogP) is 2.77. The van der Waals surface area contributed by atoms with Crippen LogP contribution in [0.3, 0.4) is 0 Å². The highest BCUT2D eigenvalue weighted by atomic mass is 19.3. The van der Waals surface area contributed by atoms with Crippen LogP contribution >= 0.6 is 0 Å². The van der Waals surface area contributed by atoms with E-state index in [0.717, 1.165) is 6.07 Å². The van der Waals surface area contributed by atoms with Gasteiger partial charge in [0, 0.05) is 17.3 Å². The average Bonchev–Trinajstić information content (AvgIpc) is 2.98. The van der Waals surface area contributed by atoms with Crippen molar-refractivity contribution in [3.8, 4) is 17.2 Å². The number of carbonyl (C=O) groups is 3. The van der Waals surface area contributed by atoms with Crippen molar-refractivity contribution in [1.82, 2.24) is 0 Å². The van der Waals surface area contributed by atoms with Crippen LogP contribution in [0.15, 0.2) is 42.5 Å². The number of amides is 1. The first-order valence-electron chi connectivity index (χ1n) is 8.31. The second-order valence-electron chi connectivity index (χ2n) is 5.91. The number of hydrogen-bond acceptors (Lipinski definition) is 7. The van der Waals surface area contributed by atoms with E-state index in [4.69, 9.17) is 9.47 Å². The zero-order valence-corrected chi connectivity index (χ0v) is 15.1. The minimum Gasteiger partial charge on any atom is -0.482 e. The number of halogens is 2. The standard InChI is InChI=1S/C19H15F2NO7/c1-11(23)12-2-5-14(6-3-12)26-10-18(25)27-9-17(24)22-13-4-7-15-16(8-13)29-19(20,21)28-15/h2-8H,9-10H2,1H3,(H,22,24). The van der Waals surface area contributed by atoms with Gasteiger partial charge >= 0.3 is 12.3 Å². The summed E-state index contributed by atoms with van der Waals surface area (Å²) in [5.74, 6) is -1.61. The Hall–Kier alpha value is -3.69. The quantitative estimate of drug-likeness (QED) is 0.556. The summed E-state index contributed by atoms with van der Waals surface area (Å²) < 4.78 is 44.5. The lowest BCUT2D eigenvalue weighted by Gasteiger charge is -2.08. The lowest BCUT2D eigenvalue weighted by atomic mass is 10.1. The third kappa shape index (κ3) is 5.41. The fourth-order valence-corrected chi connectivity index (χ4v) is 2.34. The Balaban J connectivity index is 1.42. The van der Waals surface area contributed by atoms with Gasteiger partial charge in [0.2, 0.25) is 0 Å². The molecule has 0 radical (unpaired) electrons. The van der Waals surface area contributed by atoms with Gasteiger partial charge < -0.3 is 24.3 Å². The molecule has 1 amide bonds. The molecule has 0 fully saturated rings. The Bertz CT molecular complexity index is 944. The molecule has 0 saturated carbocycles. The van der Waals surface area contributed by atoms with E-state index in [9.17, 15) is 23.2 Å². The van der Waals surface area contributed by atoms with Crippen molar-refractivity contribution < 1.29 is 42.1 Å². The molecule has 0 aromatic heterocycles. The van der Waals surface area contributed by atoms with Gasteiger partial charge in [0.1, 0.15) is 5.75 Å². The number of ether oxygens (including phenoxy) is 4. The van der Waals surface area contributed by atoms with Crippen LogP contribution in [0.25, 0.3) is 0 Å². The van der Waals surface area contributed by atoms with Crippen LogP contribution in [0.2, 0.25) is 0 Å². The first-order valence-corrected chi connectivity index (χ1v) is 8.31. The third-order valence-corrected chi connectivity index (χ3v) is 3.67. The van der Waals surface area contributed by atoms with Crippen LogP contribution in [-0.2, 0) is 14.3 Å². The number of nitrogens with one attached hydrogen (secondary N) is 1. The van der Waals surface area contributed by atoms with Gasteiger partial charge in [-0.05, 0) is 43.3 Å². The fraction of sp³-hybridized carbons (Fsp3) is 0.211. The zero-order chi connectivity index (χ0) is 21.0. The molecule has 1 aliphatic heterocycles. The Morgan fingerprint density at radius 2 is 1.69 bits per heavy atom. The molecule has 0 atom stereocenters. The Kier molecular flexibility index (Phi) is 5.62. The van der Waals surface area contributed by atoms with E-state index >= 15 is 0 Å². The molecule has 0 spiro atoms. The van der Waals surface area contributed by atoms with Gasteiger partial charge in [0.25, 0.3) is 5.91 Å². The molecule has 0 aliphatic carbocycles. The Labute approximate surface area is 163 Å². The number of Topliss-reactive ketones (excluding diaryl/α,β-unsaturated/α-hetero) is 1. The molecule has 8 nitrogen and oxygen atoms in total. The maximum Gasteiger partial charge on any atom is 0.586 e. The number of anilines is 1. The first kappa shape index (κ1) is 20.1. The lowest BCUT2D eigenvalue weighted by Crippen LogP contribution is -2.26. The molecule has 0 unspecified atom stereocenters. The molecule has 1 aliphatic rings. The summed E-state index contributed by atoms with van der Waals surface area (Å²) in [6, 6.07) is 9.86. The Morgan fingerprint density at radius 3 is 2.38 bits per heavy atom. The number of ketones is 1. The van der Waals surface area contributed by atoms with Crippen LogP contribution in [0, 0.1) is 0 Å². The van der Waals surface area contributed by atoms with E-state index in [1.54, 1.807) is 12.1 Å². The van der Waals surface area contributed by atoms with Gasteiger partial charge in [-0.1, -0.05) is 0 Å². The van der Waals surface area contributed by atoms with Gasteiger partial charge in [-0.25, -0.2) is 4.79 Å². The highest BCUT2D eigenvalue weighted by Gasteiger charge is 2.43. The second kappa shape index (κ2) is 8.13. The van der Waals surface area contributed by atoms with Gasteiger partial charge in [-0.3, -0.25) is 9.59 Å². The van der Waals surface area contributed by atoms with Crippen molar-refractivity contribution in [1.29, 1.82) is 0 Å². The SMILES string of the molecule is CC(=O)c1ccc(OCC(=O)OCC(=O)Nc2ccc3c(c2)OC(F)(F)O3)cc1. The van der Waals surface area contributed by atoms with Crippen molar-refractivity contribution in [3.05, 3.63) is 48.0 Å². The third-order valence-electron chi connectivity index (χ3n) is 3.67. The maximum absolute atomic E-state index is 13.0. The van der Waals surface area contributed by atoms with Gasteiger partial charge in [-0.2, -0.15) is 0 Å².